The quantitative estimate of drug-likeness (QED) is 0.676. The van der Waals surface area contributed by atoms with Crippen LogP contribution in [0, 0.1) is 20.8 Å². The highest BCUT2D eigenvalue weighted by atomic mass is 16.2. The third-order valence-corrected chi connectivity index (χ3v) is 4.55. The van der Waals surface area contributed by atoms with Crippen molar-refractivity contribution in [2.75, 3.05) is 5.32 Å². The second kappa shape index (κ2) is 8.53. The largest absolute Gasteiger partial charge is 0.348 e. The summed E-state index contributed by atoms with van der Waals surface area (Å²) in [6.45, 7) is 6.43. The second-order valence-electron chi connectivity index (χ2n) is 7.03. The Morgan fingerprint density at radius 3 is 2.14 bits per heavy atom. The Hall–Kier alpha value is -3.40. The number of benzene rings is 3. The zero-order valence-electron chi connectivity index (χ0n) is 16.4. The van der Waals surface area contributed by atoms with Crippen molar-refractivity contribution in [1.29, 1.82) is 0 Å². The van der Waals surface area contributed by atoms with Crippen molar-refractivity contribution < 1.29 is 9.59 Å². The summed E-state index contributed by atoms with van der Waals surface area (Å²) in [6.07, 6.45) is 0. The molecule has 0 bridgehead atoms. The summed E-state index contributed by atoms with van der Waals surface area (Å²) in [5.74, 6) is -0.442. The Morgan fingerprint density at radius 1 is 0.750 bits per heavy atom. The molecule has 0 heterocycles. The van der Waals surface area contributed by atoms with Gasteiger partial charge in [-0.1, -0.05) is 53.6 Å². The second-order valence-corrected chi connectivity index (χ2v) is 7.03. The van der Waals surface area contributed by atoms with Crippen LogP contribution in [0.4, 0.5) is 5.69 Å². The van der Waals surface area contributed by atoms with E-state index >= 15 is 0 Å². The normalized spacial score (nSPS) is 10.4. The van der Waals surface area contributed by atoms with Crippen molar-refractivity contribution in [3.63, 3.8) is 0 Å². The molecule has 0 spiro atoms. The molecule has 0 aliphatic heterocycles. The molecule has 3 aromatic rings. The lowest BCUT2D eigenvalue weighted by atomic mass is 10.1. The maximum absolute atomic E-state index is 12.6. The summed E-state index contributed by atoms with van der Waals surface area (Å²) >= 11 is 0. The van der Waals surface area contributed by atoms with E-state index in [9.17, 15) is 9.59 Å². The highest BCUT2D eigenvalue weighted by molar-refractivity contribution is 6.06. The van der Waals surface area contributed by atoms with Crippen LogP contribution in [-0.2, 0) is 6.54 Å². The monoisotopic (exact) mass is 372 g/mol. The number of rotatable bonds is 5. The van der Waals surface area contributed by atoms with Crippen molar-refractivity contribution in [1.82, 2.24) is 5.32 Å². The third-order valence-electron chi connectivity index (χ3n) is 4.55. The van der Waals surface area contributed by atoms with Crippen LogP contribution < -0.4 is 10.6 Å². The zero-order valence-corrected chi connectivity index (χ0v) is 16.4. The van der Waals surface area contributed by atoms with E-state index in [-0.39, 0.29) is 11.8 Å². The summed E-state index contributed by atoms with van der Waals surface area (Å²) in [7, 11) is 0. The van der Waals surface area contributed by atoms with Gasteiger partial charge < -0.3 is 10.6 Å². The molecule has 0 aliphatic rings. The van der Waals surface area contributed by atoms with Gasteiger partial charge in [0.1, 0.15) is 0 Å². The van der Waals surface area contributed by atoms with E-state index in [4.69, 9.17) is 0 Å². The summed E-state index contributed by atoms with van der Waals surface area (Å²) in [5.41, 5.74) is 6.01. The van der Waals surface area contributed by atoms with E-state index in [0.29, 0.717) is 17.7 Å². The molecule has 0 radical (unpaired) electrons. The predicted octanol–water partition coefficient (Wildman–Crippen LogP) is 4.79. The lowest BCUT2D eigenvalue weighted by Crippen LogP contribution is -2.23. The molecule has 0 aliphatic carbocycles. The van der Waals surface area contributed by atoms with Crippen molar-refractivity contribution in [3.8, 4) is 0 Å². The van der Waals surface area contributed by atoms with Crippen molar-refractivity contribution in [2.24, 2.45) is 0 Å². The highest BCUT2D eigenvalue weighted by Gasteiger charge is 2.12. The fraction of sp³-hybridized carbons (Fsp3) is 0.167. The van der Waals surface area contributed by atoms with Gasteiger partial charge in [0.15, 0.2) is 0 Å². The number of hydrogen-bond acceptors (Lipinski definition) is 2. The minimum atomic E-state index is -0.236. The van der Waals surface area contributed by atoms with Crippen LogP contribution in [0.5, 0.6) is 0 Å². The molecule has 0 atom stereocenters. The molecule has 28 heavy (non-hydrogen) atoms. The molecule has 3 aromatic carbocycles. The van der Waals surface area contributed by atoms with Crippen LogP contribution >= 0.6 is 0 Å². The topological polar surface area (TPSA) is 58.2 Å². The Kier molecular flexibility index (Phi) is 5.90. The van der Waals surface area contributed by atoms with E-state index in [1.54, 1.807) is 24.3 Å². The molecular weight excluding hydrogens is 348 g/mol. The van der Waals surface area contributed by atoms with Crippen LogP contribution in [0.1, 0.15) is 43.0 Å². The van der Waals surface area contributed by atoms with Crippen LogP contribution in [-0.4, -0.2) is 11.8 Å². The van der Waals surface area contributed by atoms with Gasteiger partial charge >= 0.3 is 0 Å². The molecule has 4 nitrogen and oxygen atoms in total. The fourth-order valence-electron chi connectivity index (χ4n) is 3.06. The first-order valence-corrected chi connectivity index (χ1v) is 9.25. The number of carbonyl (C=O) groups is 2. The number of anilines is 1. The first-order valence-electron chi connectivity index (χ1n) is 9.25. The average Bonchev–Trinajstić information content (AvgIpc) is 2.68. The molecule has 0 saturated heterocycles. The van der Waals surface area contributed by atoms with Gasteiger partial charge in [-0.05, 0) is 56.2 Å². The van der Waals surface area contributed by atoms with E-state index < -0.39 is 0 Å². The maximum atomic E-state index is 12.6. The SMILES string of the molecule is Cc1cccc(CNC(=O)c2cccc(C(=O)Nc3ccc(C)cc3C)c2)c1. The summed E-state index contributed by atoms with van der Waals surface area (Å²) < 4.78 is 0. The standard InChI is InChI=1S/C24H24N2O2/c1-16-6-4-7-19(13-16)15-25-23(27)20-8-5-9-21(14-20)24(28)26-22-11-10-17(2)12-18(22)3/h4-14H,15H2,1-3H3,(H,25,27)(H,26,28). The first kappa shape index (κ1) is 19.4. The smallest absolute Gasteiger partial charge is 0.255 e. The minimum Gasteiger partial charge on any atom is -0.348 e. The average molecular weight is 372 g/mol. The number of aryl methyl sites for hydroxylation is 3. The van der Waals surface area contributed by atoms with Crippen LogP contribution in [0.2, 0.25) is 0 Å². The lowest BCUT2D eigenvalue weighted by molar-refractivity contribution is 0.0951. The van der Waals surface area contributed by atoms with Gasteiger partial charge in [-0.25, -0.2) is 0 Å². The Balaban J connectivity index is 1.68. The molecule has 3 rings (SSSR count). The molecule has 2 amide bonds. The van der Waals surface area contributed by atoms with E-state index in [2.05, 4.69) is 10.6 Å². The van der Waals surface area contributed by atoms with E-state index in [1.165, 1.54) is 0 Å². The predicted molar refractivity (Wildman–Crippen MR) is 113 cm³/mol. The molecule has 4 heteroatoms. The Morgan fingerprint density at radius 2 is 1.43 bits per heavy atom. The van der Waals surface area contributed by atoms with Crippen molar-refractivity contribution >= 4 is 17.5 Å². The zero-order chi connectivity index (χ0) is 20.1. The van der Waals surface area contributed by atoms with Crippen LogP contribution in [0.3, 0.4) is 0 Å². The van der Waals surface area contributed by atoms with E-state index in [0.717, 1.165) is 27.9 Å². The Bertz CT molecular complexity index is 1020. The fourth-order valence-corrected chi connectivity index (χ4v) is 3.06. The van der Waals surface area contributed by atoms with E-state index in [1.807, 2.05) is 63.2 Å². The lowest BCUT2D eigenvalue weighted by Gasteiger charge is -2.10. The van der Waals surface area contributed by atoms with Gasteiger partial charge in [-0.2, -0.15) is 0 Å². The van der Waals surface area contributed by atoms with Crippen molar-refractivity contribution in [2.45, 2.75) is 27.3 Å². The number of carbonyl (C=O) groups excluding carboxylic acids is 2. The summed E-state index contributed by atoms with van der Waals surface area (Å²) in [5, 5.41) is 5.82. The van der Waals surface area contributed by atoms with Crippen LogP contribution in [0.15, 0.2) is 66.7 Å². The molecule has 142 valence electrons. The van der Waals surface area contributed by atoms with Crippen molar-refractivity contribution in [3.05, 3.63) is 100 Å². The van der Waals surface area contributed by atoms with Gasteiger partial charge in [0.05, 0.1) is 0 Å². The van der Waals surface area contributed by atoms with Gasteiger partial charge in [0.2, 0.25) is 0 Å². The van der Waals surface area contributed by atoms with Gasteiger partial charge in [0.25, 0.3) is 11.8 Å². The molecule has 2 N–H and O–H groups in total. The van der Waals surface area contributed by atoms with Gasteiger partial charge in [0, 0.05) is 23.4 Å². The first-order chi connectivity index (χ1) is 13.4. The minimum absolute atomic E-state index is 0.206. The Labute approximate surface area is 165 Å². The molecule has 0 fully saturated rings. The number of amides is 2. The number of hydrogen-bond donors (Lipinski definition) is 2. The molecule has 0 aromatic heterocycles. The summed E-state index contributed by atoms with van der Waals surface area (Å²) in [4.78, 5) is 25.1. The summed E-state index contributed by atoms with van der Waals surface area (Å²) in [6, 6.07) is 20.6. The molecule has 0 saturated carbocycles. The van der Waals surface area contributed by atoms with Crippen LogP contribution in [0.25, 0.3) is 0 Å². The molecule has 0 unspecified atom stereocenters. The maximum Gasteiger partial charge on any atom is 0.255 e. The molecular formula is C24H24N2O2. The third kappa shape index (κ3) is 4.86. The highest BCUT2D eigenvalue weighted by Crippen LogP contribution is 2.17. The van der Waals surface area contributed by atoms with Gasteiger partial charge in [-0.15, -0.1) is 0 Å². The van der Waals surface area contributed by atoms with Gasteiger partial charge in [-0.3, -0.25) is 9.59 Å². The number of nitrogens with one attached hydrogen (secondary N) is 2.